The average Bonchev–Trinajstić information content (AvgIpc) is 3.30. The highest BCUT2D eigenvalue weighted by Crippen LogP contribution is 2.25. The van der Waals surface area contributed by atoms with Gasteiger partial charge >= 0.3 is 0 Å². The van der Waals surface area contributed by atoms with Gasteiger partial charge in [-0.1, -0.05) is 35.5 Å². The predicted molar refractivity (Wildman–Crippen MR) is 124 cm³/mol. The third-order valence-corrected chi connectivity index (χ3v) is 6.13. The minimum atomic E-state index is -0.569. The molecule has 160 valence electrons. The largest absolute Gasteiger partial charge is 0.467 e. The van der Waals surface area contributed by atoms with E-state index in [1.165, 1.54) is 22.4 Å². The highest BCUT2D eigenvalue weighted by Gasteiger charge is 2.20. The SMILES string of the molecule is CC(Sc1nc2ccccc2c(=O)n1Cc1ccco1)C(=O)Nc1ccc(C#N)c(Cl)c1. The van der Waals surface area contributed by atoms with E-state index in [-0.39, 0.29) is 23.0 Å². The Kier molecular flexibility index (Phi) is 6.30. The number of para-hydroxylation sites is 1. The molecule has 9 heteroatoms. The summed E-state index contributed by atoms with van der Waals surface area (Å²) in [7, 11) is 0. The van der Waals surface area contributed by atoms with Crippen molar-refractivity contribution >= 4 is 45.9 Å². The van der Waals surface area contributed by atoms with Crippen LogP contribution in [-0.2, 0) is 11.3 Å². The lowest BCUT2D eigenvalue weighted by atomic mass is 10.2. The molecular formula is C23H17ClN4O3S. The lowest BCUT2D eigenvalue weighted by Crippen LogP contribution is -2.27. The monoisotopic (exact) mass is 464 g/mol. The molecule has 0 aliphatic carbocycles. The van der Waals surface area contributed by atoms with Crippen molar-refractivity contribution in [3.05, 3.63) is 87.6 Å². The number of nitrogens with zero attached hydrogens (tertiary/aromatic N) is 3. The smallest absolute Gasteiger partial charge is 0.262 e. The number of halogens is 1. The number of amides is 1. The van der Waals surface area contributed by atoms with Crippen molar-refractivity contribution in [2.45, 2.75) is 23.9 Å². The molecule has 0 bridgehead atoms. The Morgan fingerprint density at radius 1 is 1.28 bits per heavy atom. The Morgan fingerprint density at radius 3 is 2.81 bits per heavy atom. The van der Waals surface area contributed by atoms with Crippen LogP contribution in [0.4, 0.5) is 5.69 Å². The number of fused-ring (bicyclic) bond motifs is 1. The Bertz CT molecular complexity index is 1390. The summed E-state index contributed by atoms with van der Waals surface area (Å²) in [6.07, 6.45) is 1.54. The molecule has 1 N–H and O–H groups in total. The fourth-order valence-corrected chi connectivity index (χ4v) is 4.21. The summed E-state index contributed by atoms with van der Waals surface area (Å²) < 4.78 is 6.92. The predicted octanol–water partition coefficient (Wildman–Crippen LogP) is 4.68. The summed E-state index contributed by atoms with van der Waals surface area (Å²) in [6, 6.07) is 17.3. The Labute approximate surface area is 192 Å². The summed E-state index contributed by atoms with van der Waals surface area (Å²) >= 11 is 7.22. The molecule has 0 spiro atoms. The van der Waals surface area contributed by atoms with Gasteiger partial charge in [-0.2, -0.15) is 5.26 Å². The van der Waals surface area contributed by atoms with Crippen LogP contribution in [0.1, 0.15) is 18.2 Å². The van der Waals surface area contributed by atoms with Crippen LogP contribution in [0.15, 0.2) is 75.2 Å². The first kappa shape index (κ1) is 21.7. The Balaban J connectivity index is 1.62. The fourth-order valence-electron chi connectivity index (χ4n) is 3.07. The summed E-state index contributed by atoms with van der Waals surface area (Å²) in [5.74, 6) is 0.318. The quantitative estimate of drug-likeness (QED) is 0.328. The number of hydrogen-bond donors (Lipinski definition) is 1. The number of anilines is 1. The maximum atomic E-state index is 13.1. The van der Waals surface area contributed by atoms with Crippen molar-refractivity contribution in [1.82, 2.24) is 9.55 Å². The molecule has 2 aromatic carbocycles. The van der Waals surface area contributed by atoms with Gasteiger partial charge in [0.2, 0.25) is 5.91 Å². The Hall–Kier alpha value is -3.54. The van der Waals surface area contributed by atoms with Crippen LogP contribution in [-0.4, -0.2) is 20.7 Å². The number of carbonyl (C=O) groups excluding carboxylic acids is 1. The molecule has 1 amide bonds. The van der Waals surface area contributed by atoms with Gasteiger partial charge in [-0.25, -0.2) is 4.98 Å². The minimum absolute atomic E-state index is 0.200. The van der Waals surface area contributed by atoms with Crippen molar-refractivity contribution in [2.24, 2.45) is 0 Å². The number of hydrogen-bond acceptors (Lipinski definition) is 6. The van der Waals surface area contributed by atoms with Gasteiger partial charge in [-0.05, 0) is 49.4 Å². The molecule has 0 radical (unpaired) electrons. The van der Waals surface area contributed by atoms with Crippen LogP contribution in [0.5, 0.6) is 0 Å². The number of aromatic nitrogens is 2. The molecule has 0 saturated heterocycles. The first-order valence-electron chi connectivity index (χ1n) is 9.65. The van der Waals surface area contributed by atoms with E-state index in [4.69, 9.17) is 21.3 Å². The summed E-state index contributed by atoms with van der Waals surface area (Å²) in [4.78, 5) is 30.6. The Morgan fingerprint density at radius 2 is 2.09 bits per heavy atom. The van der Waals surface area contributed by atoms with E-state index in [2.05, 4.69) is 10.3 Å². The summed E-state index contributed by atoms with van der Waals surface area (Å²) in [5, 5.41) is 12.4. The van der Waals surface area contributed by atoms with Gasteiger partial charge in [-0.3, -0.25) is 14.2 Å². The molecule has 7 nitrogen and oxygen atoms in total. The van der Waals surface area contributed by atoms with Crippen LogP contribution in [0, 0.1) is 11.3 Å². The van der Waals surface area contributed by atoms with Gasteiger partial charge in [0, 0.05) is 5.69 Å². The normalized spacial score (nSPS) is 11.8. The number of nitriles is 1. The van der Waals surface area contributed by atoms with Crippen LogP contribution < -0.4 is 10.9 Å². The number of carbonyl (C=O) groups is 1. The van der Waals surface area contributed by atoms with Gasteiger partial charge in [0.05, 0.1) is 39.5 Å². The molecule has 0 aliphatic heterocycles. The maximum Gasteiger partial charge on any atom is 0.262 e. The van der Waals surface area contributed by atoms with Crippen LogP contribution in [0.2, 0.25) is 5.02 Å². The van der Waals surface area contributed by atoms with Gasteiger partial charge in [-0.15, -0.1) is 0 Å². The maximum absolute atomic E-state index is 13.1. The number of rotatable bonds is 6. The first-order chi connectivity index (χ1) is 15.5. The second-order valence-electron chi connectivity index (χ2n) is 6.94. The molecule has 4 rings (SSSR count). The average molecular weight is 465 g/mol. The zero-order chi connectivity index (χ0) is 22.7. The van der Waals surface area contributed by atoms with E-state index < -0.39 is 5.25 Å². The number of thioether (sulfide) groups is 1. The lowest BCUT2D eigenvalue weighted by molar-refractivity contribution is -0.115. The van der Waals surface area contributed by atoms with Crippen LogP contribution >= 0.6 is 23.4 Å². The van der Waals surface area contributed by atoms with E-state index in [0.29, 0.717) is 33.1 Å². The van der Waals surface area contributed by atoms with Gasteiger partial charge in [0.15, 0.2) is 5.16 Å². The van der Waals surface area contributed by atoms with E-state index >= 15 is 0 Å². The molecular weight excluding hydrogens is 448 g/mol. The molecule has 2 aromatic heterocycles. The number of benzene rings is 2. The lowest BCUT2D eigenvalue weighted by Gasteiger charge is -2.16. The van der Waals surface area contributed by atoms with Crippen molar-refractivity contribution in [2.75, 3.05) is 5.32 Å². The first-order valence-corrected chi connectivity index (χ1v) is 10.9. The highest BCUT2D eigenvalue weighted by atomic mass is 35.5. The third kappa shape index (κ3) is 4.54. The van der Waals surface area contributed by atoms with Crippen LogP contribution in [0.3, 0.4) is 0 Å². The molecule has 1 unspecified atom stereocenters. The number of furan rings is 1. The van der Waals surface area contributed by atoms with Gasteiger partial charge < -0.3 is 9.73 Å². The fraction of sp³-hybridized carbons (Fsp3) is 0.130. The van der Waals surface area contributed by atoms with Crippen molar-refractivity contribution < 1.29 is 9.21 Å². The molecule has 1 atom stereocenters. The zero-order valence-corrected chi connectivity index (χ0v) is 18.5. The summed E-state index contributed by atoms with van der Waals surface area (Å²) in [5.41, 5.74) is 1.16. The van der Waals surface area contributed by atoms with Gasteiger partial charge in [0.25, 0.3) is 5.56 Å². The van der Waals surface area contributed by atoms with E-state index in [9.17, 15) is 9.59 Å². The second kappa shape index (κ2) is 9.30. The molecule has 0 aliphatic rings. The molecule has 2 heterocycles. The second-order valence-corrected chi connectivity index (χ2v) is 8.65. The third-order valence-electron chi connectivity index (χ3n) is 4.73. The molecule has 0 fully saturated rings. The van der Waals surface area contributed by atoms with E-state index in [1.807, 2.05) is 12.1 Å². The highest BCUT2D eigenvalue weighted by molar-refractivity contribution is 8.00. The number of nitrogens with one attached hydrogen (secondary N) is 1. The molecule has 4 aromatic rings. The molecule has 32 heavy (non-hydrogen) atoms. The van der Waals surface area contributed by atoms with Crippen molar-refractivity contribution in [3.63, 3.8) is 0 Å². The minimum Gasteiger partial charge on any atom is -0.467 e. The van der Waals surface area contributed by atoms with Crippen molar-refractivity contribution in [3.8, 4) is 6.07 Å². The summed E-state index contributed by atoms with van der Waals surface area (Å²) in [6.45, 7) is 1.93. The van der Waals surface area contributed by atoms with Gasteiger partial charge in [0.1, 0.15) is 11.8 Å². The van der Waals surface area contributed by atoms with E-state index in [1.54, 1.807) is 55.7 Å². The van der Waals surface area contributed by atoms with Crippen LogP contribution in [0.25, 0.3) is 10.9 Å². The zero-order valence-electron chi connectivity index (χ0n) is 16.9. The standard InChI is InChI=1S/C23H17ClN4O3S/c1-14(21(29)26-16-9-8-15(12-25)19(24)11-16)32-23-27-20-7-3-2-6-18(20)22(30)28(23)13-17-5-4-10-31-17/h2-11,14H,13H2,1H3,(H,26,29). The van der Waals surface area contributed by atoms with E-state index in [0.717, 1.165) is 0 Å². The molecule has 0 saturated carbocycles. The van der Waals surface area contributed by atoms with Crippen molar-refractivity contribution in [1.29, 1.82) is 5.26 Å². The topological polar surface area (TPSA) is 101 Å².